The lowest BCUT2D eigenvalue weighted by atomic mass is 9.79. The van der Waals surface area contributed by atoms with Crippen molar-refractivity contribution >= 4 is 28.3 Å². The van der Waals surface area contributed by atoms with Crippen LogP contribution in [0.2, 0.25) is 0 Å². The quantitative estimate of drug-likeness (QED) is 0.512. The van der Waals surface area contributed by atoms with Gasteiger partial charge in [0.05, 0.1) is 17.8 Å². The van der Waals surface area contributed by atoms with Crippen molar-refractivity contribution in [2.75, 3.05) is 19.0 Å². The number of anilines is 1. The van der Waals surface area contributed by atoms with Gasteiger partial charge in [-0.05, 0) is 36.5 Å². The summed E-state index contributed by atoms with van der Waals surface area (Å²) >= 11 is 1.38. The summed E-state index contributed by atoms with van der Waals surface area (Å²) < 4.78 is 1.78. The molecule has 1 saturated carbocycles. The minimum Gasteiger partial charge on any atom is -0.400 e. The van der Waals surface area contributed by atoms with E-state index in [0.717, 1.165) is 18.4 Å². The third-order valence-corrected chi connectivity index (χ3v) is 5.77. The molecule has 3 aromatic rings. The van der Waals surface area contributed by atoms with Crippen molar-refractivity contribution in [1.29, 1.82) is 0 Å². The highest BCUT2D eigenvalue weighted by molar-refractivity contribution is 7.14. The Kier molecular flexibility index (Phi) is 10.1. The fraction of sp³-hybridized carbons (Fsp3) is 0.375. The summed E-state index contributed by atoms with van der Waals surface area (Å²) in [5.74, 6) is 0.0998. The number of hydrogen-bond acceptors (Lipinski definition) is 5. The zero-order valence-electron chi connectivity index (χ0n) is 19.1. The van der Waals surface area contributed by atoms with Gasteiger partial charge in [-0.15, -0.1) is 11.3 Å². The van der Waals surface area contributed by atoms with E-state index in [2.05, 4.69) is 33.8 Å². The molecule has 1 aromatic carbocycles. The highest BCUT2D eigenvalue weighted by Crippen LogP contribution is 2.37. The van der Waals surface area contributed by atoms with Crippen LogP contribution in [0.5, 0.6) is 0 Å². The number of nitrogens with one attached hydrogen (secondary N) is 2. The van der Waals surface area contributed by atoms with E-state index in [4.69, 9.17) is 5.11 Å². The van der Waals surface area contributed by atoms with E-state index in [0.29, 0.717) is 16.6 Å². The number of aromatic nitrogens is 2. The van der Waals surface area contributed by atoms with Gasteiger partial charge in [-0.1, -0.05) is 38.5 Å². The minimum atomic E-state index is -0.298. The molecule has 0 bridgehead atoms. The van der Waals surface area contributed by atoms with Crippen molar-refractivity contribution in [2.45, 2.75) is 39.0 Å². The number of nitrogens with zero attached hydrogens (tertiary/aromatic N) is 2. The smallest absolute Gasteiger partial charge is 0.253 e. The second-order valence-corrected chi connectivity index (χ2v) is 7.95. The van der Waals surface area contributed by atoms with E-state index in [1.165, 1.54) is 36.2 Å². The standard InChI is InChI=1S/C21H22N4O2S.C2H6.CH4O/c1-25-9-8-17(12-25)20(27)22-11-19(26)24-21-23-18(13-28-21)16-7-3-6-15(10-16)14-4-2-5-14;2*1-2/h3,6-10,12-14H,2,4-5,11H2,1H3,(H,22,27)(H,23,24,26);1-2H3;2H,1H3. The number of benzene rings is 1. The van der Waals surface area contributed by atoms with Gasteiger partial charge in [0.15, 0.2) is 5.13 Å². The molecule has 3 N–H and O–H groups in total. The molecule has 0 aliphatic heterocycles. The predicted molar refractivity (Wildman–Crippen MR) is 130 cm³/mol. The second kappa shape index (κ2) is 12.8. The minimum absolute atomic E-state index is 0.0974. The van der Waals surface area contributed by atoms with Gasteiger partial charge in [-0.2, -0.15) is 0 Å². The molecule has 8 heteroatoms. The van der Waals surface area contributed by atoms with Gasteiger partial charge in [0.25, 0.3) is 5.91 Å². The largest absolute Gasteiger partial charge is 0.400 e. The van der Waals surface area contributed by atoms with Crippen LogP contribution in [0.25, 0.3) is 11.3 Å². The van der Waals surface area contributed by atoms with Crippen LogP contribution in [0.4, 0.5) is 5.13 Å². The molecule has 1 aliphatic rings. The number of carbonyl (C=O) groups is 2. The summed E-state index contributed by atoms with van der Waals surface area (Å²) in [6.45, 7) is 3.90. The number of aliphatic hydroxyl groups is 1. The Morgan fingerprint density at radius 3 is 2.59 bits per heavy atom. The van der Waals surface area contributed by atoms with Gasteiger partial charge in [0.2, 0.25) is 5.91 Å². The van der Waals surface area contributed by atoms with Crippen molar-refractivity contribution in [2.24, 2.45) is 7.05 Å². The van der Waals surface area contributed by atoms with Crippen LogP contribution in [-0.4, -0.2) is 40.1 Å². The molecule has 0 radical (unpaired) electrons. The van der Waals surface area contributed by atoms with Gasteiger partial charge >= 0.3 is 0 Å². The molecule has 2 amide bonds. The maximum absolute atomic E-state index is 12.1. The third-order valence-electron chi connectivity index (χ3n) is 5.01. The summed E-state index contributed by atoms with van der Waals surface area (Å²) in [4.78, 5) is 28.7. The summed E-state index contributed by atoms with van der Waals surface area (Å²) in [7, 11) is 2.84. The Morgan fingerprint density at radius 2 is 1.97 bits per heavy atom. The number of amides is 2. The highest BCUT2D eigenvalue weighted by Gasteiger charge is 2.20. The van der Waals surface area contributed by atoms with Gasteiger partial charge in [-0.3, -0.25) is 9.59 Å². The lowest BCUT2D eigenvalue weighted by molar-refractivity contribution is -0.115. The first kappa shape index (κ1) is 25.3. The molecule has 2 heterocycles. The van der Waals surface area contributed by atoms with Crippen LogP contribution in [0.15, 0.2) is 48.1 Å². The topological polar surface area (TPSA) is 96.3 Å². The normalized spacial score (nSPS) is 12.4. The van der Waals surface area contributed by atoms with E-state index in [1.54, 1.807) is 23.0 Å². The van der Waals surface area contributed by atoms with Gasteiger partial charge in [0.1, 0.15) is 0 Å². The number of aliphatic hydroxyl groups excluding tert-OH is 1. The van der Waals surface area contributed by atoms with Crippen molar-refractivity contribution in [1.82, 2.24) is 14.9 Å². The molecule has 7 nitrogen and oxygen atoms in total. The first-order valence-corrected chi connectivity index (χ1v) is 11.7. The molecular formula is C24H32N4O3S. The molecule has 1 aliphatic carbocycles. The van der Waals surface area contributed by atoms with Gasteiger partial charge in [0, 0.05) is 37.5 Å². The van der Waals surface area contributed by atoms with E-state index in [9.17, 15) is 9.59 Å². The van der Waals surface area contributed by atoms with Crippen molar-refractivity contribution in [3.8, 4) is 11.3 Å². The van der Waals surface area contributed by atoms with E-state index in [1.807, 2.05) is 32.3 Å². The van der Waals surface area contributed by atoms with Crippen LogP contribution in [0.1, 0.15) is 54.9 Å². The predicted octanol–water partition coefficient (Wildman–Crippen LogP) is 4.42. The first-order chi connectivity index (χ1) is 15.6. The number of hydrogen-bond donors (Lipinski definition) is 3. The lowest BCUT2D eigenvalue weighted by Crippen LogP contribution is -2.32. The molecule has 1 fully saturated rings. The zero-order chi connectivity index (χ0) is 23.5. The van der Waals surface area contributed by atoms with Gasteiger partial charge < -0.3 is 20.3 Å². The Hall–Kier alpha value is -2.97. The van der Waals surface area contributed by atoms with Crippen LogP contribution in [0.3, 0.4) is 0 Å². The van der Waals surface area contributed by atoms with Crippen molar-refractivity contribution in [3.63, 3.8) is 0 Å². The Bertz CT molecular complexity index is 1010. The molecule has 0 spiro atoms. The molecule has 4 rings (SSSR count). The SMILES string of the molecule is CC.CO.Cn1ccc(C(=O)NCC(=O)Nc2nc(-c3cccc(C4CCC4)c3)cs2)c1. The first-order valence-electron chi connectivity index (χ1n) is 10.8. The zero-order valence-corrected chi connectivity index (χ0v) is 19.9. The van der Waals surface area contributed by atoms with Crippen LogP contribution < -0.4 is 10.6 Å². The van der Waals surface area contributed by atoms with E-state index in [-0.39, 0.29) is 18.4 Å². The van der Waals surface area contributed by atoms with E-state index >= 15 is 0 Å². The summed E-state index contributed by atoms with van der Waals surface area (Å²) in [5, 5.41) is 14.8. The number of rotatable bonds is 6. The fourth-order valence-electron chi connectivity index (χ4n) is 3.22. The monoisotopic (exact) mass is 456 g/mol. The molecule has 0 unspecified atom stereocenters. The third kappa shape index (κ3) is 6.77. The highest BCUT2D eigenvalue weighted by atomic mass is 32.1. The summed E-state index contributed by atoms with van der Waals surface area (Å²) in [6.07, 6.45) is 7.32. The average molecular weight is 457 g/mol. The Balaban J connectivity index is 0.000000860. The molecule has 172 valence electrons. The molecular weight excluding hydrogens is 424 g/mol. The molecule has 0 atom stereocenters. The Morgan fingerprint density at radius 1 is 1.22 bits per heavy atom. The second-order valence-electron chi connectivity index (χ2n) is 7.09. The molecule has 0 saturated heterocycles. The van der Waals surface area contributed by atoms with Gasteiger partial charge in [-0.25, -0.2) is 4.98 Å². The van der Waals surface area contributed by atoms with Crippen molar-refractivity contribution < 1.29 is 14.7 Å². The maximum atomic E-state index is 12.1. The van der Waals surface area contributed by atoms with Crippen LogP contribution >= 0.6 is 11.3 Å². The van der Waals surface area contributed by atoms with Crippen molar-refractivity contribution in [3.05, 3.63) is 59.2 Å². The Labute approximate surface area is 193 Å². The summed E-state index contributed by atoms with van der Waals surface area (Å²) in [5.41, 5.74) is 3.82. The number of thiazole rings is 1. The number of aryl methyl sites for hydroxylation is 1. The lowest BCUT2D eigenvalue weighted by Gasteiger charge is -2.26. The molecule has 32 heavy (non-hydrogen) atoms. The van der Waals surface area contributed by atoms with Crippen LogP contribution in [0, 0.1) is 0 Å². The average Bonchev–Trinajstić information content (AvgIpc) is 3.43. The van der Waals surface area contributed by atoms with E-state index < -0.39 is 0 Å². The summed E-state index contributed by atoms with van der Waals surface area (Å²) in [6, 6.07) is 10.2. The molecule has 2 aromatic heterocycles. The fourth-order valence-corrected chi connectivity index (χ4v) is 3.96. The van der Waals surface area contributed by atoms with Crippen LogP contribution in [-0.2, 0) is 11.8 Å². The maximum Gasteiger partial charge on any atom is 0.253 e. The number of carbonyl (C=O) groups excluding carboxylic acids is 2.